The van der Waals surface area contributed by atoms with E-state index in [9.17, 15) is 10.1 Å². The van der Waals surface area contributed by atoms with Crippen LogP contribution in [0.4, 0.5) is 0 Å². The first-order valence-electron chi connectivity index (χ1n) is 10.6. The van der Waals surface area contributed by atoms with Gasteiger partial charge in [0.2, 0.25) is 6.54 Å². The van der Waals surface area contributed by atoms with Crippen molar-refractivity contribution in [3.63, 3.8) is 0 Å². The fraction of sp³-hybridized carbons (Fsp3) is 0.200. The summed E-state index contributed by atoms with van der Waals surface area (Å²) in [5.41, 5.74) is 3.79. The van der Waals surface area contributed by atoms with Gasteiger partial charge in [-0.25, -0.2) is 0 Å². The summed E-state index contributed by atoms with van der Waals surface area (Å²) in [6.45, 7) is 3.97. The Bertz CT molecular complexity index is 1280. The van der Waals surface area contributed by atoms with Crippen LogP contribution in [0.5, 0.6) is 5.75 Å². The Morgan fingerprint density at radius 3 is 2.50 bits per heavy atom. The number of rotatable bonds is 9. The molecule has 0 bridgehead atoms. The number of nitrogens with zero attached hydrogens (tertiary/aromatic N) is 4. The van der Waals surface area contributed by atoms with E-state index in [1.165, 1.54) is 11.8 Å². The molecule has 174 valence electrons. The highest BCUT2D eigenvalue weighted by Gasteiger charge is 2.27. The van der Waals surface area contributed by atoms with Crippen molar-refractivity contribution in [2.24, 2.45) is 0 Å². The molecule has 0 amide bonds. The van der Waals surface area contributed by atoms with Crippen LogP contribution in [0.15, 0.2) is 82.4 Å². The minimum Gasteiger partial charge on any atom is -0.489 e. The smallest absolute Gasteiger partial charge is 0.220 e. The number of hydrogen-bond acceptors (Lipinski definition) is 6. The maximum Gasteiger partial charge on any atom is 0.220 e. The lowest BCUT2D eigenvalue weighted by atomic mass is 10.1. The average Bonchev–Trinajstić information content (AvgIpc) is 3.18. The summed E-state index contributed by atoms with van der Waals surface area (Å²) in [4.78, 5) is 11.3. The van der Waals surface area contributed by atoms with Gasteiger partial charge in [-0.2, -0.15) is 0 Å². The number of aryl methyl sites for hydroxylation is 2. The monoisotopic (exact) mass is 538 g/mol. The Kier molecular flexibility index (Phi) is 7.64. The molecule has 0 N–H and O–H groups in total. The third-order valence-corrected chi connectivity index (χ3v) is 6.86. The van der Waals surface area contributed by atoms with Crippen LogP contribution < -0.4 is 4.74 Å². The van der Waals surface area contributed by atoms with Crippen molar-refractivity contribution >= 4 is 27.7 Å². The molecule has 1 aromatic heterocycles. The first-order chi connectivity index (χ1) is 16.4. The molecule has 9 heteroatoms. The predicted octanol–water partition coefficient (Wildman–Crippen LogP) is 6.34. The van der Waals surface area contributed by atoms with Gasteiger partial charge < -0.3 is 4.74 Å². The Hall–Kier alpha value is -3.17. The molecule has 0 spiro atoms. The SMILES string of the molecule is Cc1ccc(-n2c(C)nnc2S[C@H](C[N+](=O)[O-])c2cc(Br)ccc2OCc2ccccc2)cc1. The molecule has 0 unspecified atom stereocenters. The van der Waals surface area contributed by atoms with E-state index in [4.69, 9.17) is 4.74 Å². The van der Waals surface area contributed by atoms with Crippen LogP contribution in [-0.4, -0.2) is 26.2 Å². The third kappa shape index (κ3) is 5.84. The van der Waals surface area contributed by atoms with Crippen LogP contribution in [0.3, 0.4) is 0 Å². The van der Waals surface area contributed by atoms with Crippen LogP contribution in [0, 0.1) is 24.0 Å². The molecule has 0 radical (unpaired) electrons. The van der Waals surface area contributed by atoms with Gasteiger partial charge >= 0.3 is 0 Å². The van der Waals surface area contributed by atoms with Crippen molar-refractivity contribution < 1.29 is 9.66 Å². The molecule has 4 rings (SSSR count). The highest BCUT2D eigenvalue weighted by molar-refractivity contribution is 9.10. The van der Waals surface area contributed by atoms with E-state index < -0.39 is 5.25 Å². The minimum absolute atomic E-state index is 0.289. The van der Waals surface area contributed by atoms with Crippen LogP contribution in [0.25, 0.3) is 5.69 Å². The van der Waals surface area contributed by atoms with E-state index >= 15 is 0 Å². The van der Waals surface area contributed by atoms with Gasteiger partial charge in [0.05, 0.1) is 0 Å². The number of benzene rings is 3. The number of thioether (sulfide) groups is 1. The molecule has 0 saturated heterocycles. The molecule has 1 heterocycles. The molecule has 0 aliphatic carbocycles. The summed E-state index contributed by atoms with van der Waals surface area (Å²) in [6, 6.07) is 23.4. The van der Waals surface area contributed by atoms with Gasteiger partial charge in [-0.1, -0.05) is 75.7 Å². The lowest BCUT2D eigenvalue weighted by molar-refractivity contribution is -0.479. The second-order valence-electron chi connectivity index (χ2n) is 7.78. The van der Waals surface area contributed by atoms with E-state index in [2.05, 4.69) is 26.1 Å². The van der Waals surface area contributed by atoms with E-state index in [1.54, 1.807) is 0 Å². The number of aromatic nitrogens is 3. The fourth-order valence-electron chi connectivity index (χ4n) is 3.51. The van der Waals surface area contributed by atoms with Crippen molar-refractivity contribution in [1.29, 1.82) is 0 Å². The van der Waals surface area contributed by atoms with Crippen molar-refractivity contribution in [2.45, 2.75) is 30.9 Å². The van der Waals surface area contributed by atoms with Gasteiger partial charge in [0.1, 0.15) is 23.4 Å². The van der Waals surface area contributed by atoms with Crippen LogP contribution in [-0.2, 0) is 6.61 Å². The molecule has 4 aromatic rings. The zero-order valence-electron chi connectivity index (χ0n) is 18.7. The first-order valence-corrected chi connectivity index (χ1v) is 12.3. The molecule has 34 heavy (non-hydrogen) atoms. The van der Waals surface area contributed by atoms with Crippen molar-refractivity contribution in [3.05, 3.63) is 110 Å². The molecule has 1 atom stereocenters. The van der Waals surface area contributed by atoms with Crippen molar-refractivity contribution in [2.75, 3.05) is 6.54 Å². The molecule has 7 nitrogen and oxygen atoms in total. The quantitative estimate of drug-likeness (QED) is 0.140. The normalized spacial score (nSPS) is 11.9. The Morgan fingerprint density at radius 2 is 1.79 bits per heavy atom. The molecule has 0 aliphatic heterocycles. The topological polar surface area (TPSA) is 83.1 Å². The standard InChI is InChI=1S/C25H23BrN4O3S/c1-17-8-11-21(12-9-17)30-18(2)27-28-25(30)34-24(15-29(31)32)22-14-20(26)10-13-23(22)33-16-19-6-4-3-5-7-19/h3-14,24H,15-16H2,1-2H3/t24-/m1/s1. The third-order valence-electron chi connectivity index (χ3n) is 5.21. The fourth-order valence-corrected chi connectivity index (χ4v) is 5.08. The van der Waals surface area contributed by atoms with Crippen molar-refractivity contribution in [1.82, 2.24) is 14.8 Å². The highest BCUT2D eigenvalue weighted by Crippen LogP contribution is 2.41. The van der Waals surface area contributed by atoms with Crippen LogP contribution in [0.1, 0.15) is 27.8 Å². The number of halogens is 1. The second-order valence-corrected chi connectivity index (χ2v) is 9.86. The van der Waals surface area contributed by atoms with Gasteiger partial charge in [0.25, 0.3) is 0 Å². The van der Waals surface area contributed by atoms with Gasteiger partial charge in [-0.05, 0) is 49.7 Å². The summed E-state index contributed by atoms with van der Waals surface area (Å²) in [5.74, 6) is 1.31. The minimum atomic E-state index is -0.536. The maximum atomic E-state index is 11.6. The predicted molar refractivity (Wildman–Crippen MR) is 136 cm³/mol. The summed E-state index contributed by atoms with van der Waals surface area (Å²) >= 11 is 4.81. The van der Waals surface area contributed by atoms with E-state index in [-0.39, 0.29) is 11.5 Å². The second kappa shape index (κ2) is 10.8. The summed E-state index contributed by atoms with van der Waals surface area (Å²) in [6.07, 6.45) is 0. The Balaban J connectivity index is 1.68. The van der Waals surface area contributed by atoms with Gasteiger partial charge in [0.15, 0.2) is 5.16 Å². The van der Waals surface area contributed by atoms with E-state index in [1.807, 2.05) is 91.2 Å². The van der Waals surface area contributed by atoms with E-state index in [0.717, 1.165) is 26.9 Å². The molecule has 3 aromatic carbocycles. The number of ether oxygens (including phenoxy) is 1. The molecular formula is C25H23BrN4O3S. The van der Waals surface area contributed by atoms with Gasteiger partial charge in [-0.3, -0.25) is 14.7 Å². The van der Waals surface area contributed by atoms with Crippen molar-refractivity contribution in [3.8, 4) is 11.4 Å². The largest absolute Gasteiger partial charge is 0.489 e. The van der Waals surface area contributed by atoms with Crippen LogP contribution in [0.2, 0.25) is 0 Å². The van der Waals surface area contributed by atoms with Crippen LogP contribution >= 0.6 is 27.7 Å². The maximum absolute atomic E-state index is 11.6. The zero-order chi connectivity index (χ0) is 24.1. The Morgan fingerprint density at radius 1 is 1.06 bits per heavy atom. The number of nitro groups is 1. The molecule has 0 saturated carbocycles. The molecular weight excluding hydrogens is 516 g/mol. The first kappa shape index (κ1) is 24.0. The molecule has 0 aliphatic rings. The Labute approximate surface area is 210 Å². The number of hydrogen-bond donors (Lipinski definition) is 0. The summed E-state index contributed by atoms with van der Waals surface area (Å²) in [7, 11) is 0. The summed E-state index contributed by atoms with van der Waals surface area (Å²) in [5, 5.41) is 20.3. The van der Waals surface area contributed by atoms with Gasteiger partial charge in [0, 0.05) is 20.6 Å². The zero-order valence-corrected chi connectivity index (χ0v) is 21.1. The van der Waals surface area contributed by atoms with Gasteiger partial charge in [-0.15, -0.1) is 10.2 Å². The highest BCUT2D eigenvalue weighted by atomic mass is 79.9. The average molecular weight is 539 g/mol. The summed E-state index contributed by atoms with van der Waals surface area (Å²) < 4.78 is 8.85. The molecule has 0 fully saturated rings. The lowest BCUT2D eigenvalue weighted by Crippen LogP contribution is -2.12. The van der Waals surface area contributed by atoms with E-state index in [0.29, 0.717) is 23.3 Å². The lowest BCUT2D eigenvalue weighted by Gasteiger charge is -2.18.